The number of likely N-dealkylation sites (N-methyl/N-ethyl adjacent to an activating group) is 2. The number of ether oxygens (including phenoxy) is 2. The van der Waals surface area contributed by atoms with Crippen LogP contribution in [0.2, 0.25) is 0 Å². The highest BCUT2D eigenvalue weighted by Crippen LogP contribution is 2.05. The molecule has 0 aliphatic heterocycles. The van der Waals surface area contributed by atoms with Crippen LogP contribution in [0.4, 0.5) is 4.79 Å². The SMILES string of the molecule is CCOCC[N+](CC)(CC)CC.CCOCC[N+](CC)(CC)CC.O=C([O-])[O-]. The zero-order valence-electron chi connectivity index (χ0n) is 19.9. The van der Waals surface area contributed by atoms with Crippen molar-refractivity contribution in [1.82, 2.24) is 0 Å². The molecule has 0 spiro atoms. The Morgan fingerprint density at radius 1 is 0.607 bits per heavy atom. The van der Waals surface area contributed by atoms with Gasteiger partial charge in [-0.05, 0) is 61.5 Å². The van der Waals surface area contributed by atoms with Gasteiger partial charge in [0.05, 0.1) is 52.5 Å². The van der Waals surface area contributed by atoms with E-state index in [0.29, 0.717) is 0 Å². The molecule has 0 atom stereocenters. The maximum Gasteiger partial charge on any atom is 0.102 e. The van der Waals surface area contributed by atoms with Crippen LogP contribution in [-0.4, -0.2) is 93.9 Å². The first-order valence-electron chi connectivity index (χ1n) is 11.0. The lowest BCUT2D eigenvalue weighted by Crippen LogP contribution is -2.49. The summed E-state index contributed by atoms with van der Waals surface area (Å²) in [7, 11) is 0. The largest absolute Gasteiger partial charge is 0.652 e. The summed E-state index contributed by atoms with van der Waals surface area (Å²) in [4.78, 5) is 8.33. The van der Waals surface area contributed by atoms with E-state index in [4.69, 9.17) is 24.5 Å². The Kier molecular flexibility index (Phi) is 23.7. The Hall–Kier alpha value is -0.890. The van der Waals surface area contributed by atoms with Crippen LogP contribution in [0.15, 0.2) is 0 Å². The highest BCUT2D eigenvalue weighted by molar-refractivity contribution is 5.47. The number of nitrogens with zero attached hydrogens (tertiary/aromatic N) is 2. The first-order valence-corrected chi connectivity index (χ1v) is 11.0. The van der Waals surface area contributed by atoms with E-state index in [-0.39, 0.29) is 0 Å². The van der Waals surface area contributed by atoms with E-state index in [1.165, 1.54) is 48.2 Å². The molecule has 0 amide bonds. The molecule has 28 heavy (non-hydrogen) atoms. The van der Waals surface area contributed by atoms with Gasteiger partial charge in [-0.2, -0.15) is 0 Å². The summed E-state index contributed by atoms with van der Waals surface area (Å²) in [5, 5.41) is 16.7. The summed E-state index contributed by atoms with van der Waals surface area (Å²) in [6, 6.07) is 0. The third kappa shape index (κ3) is 17.2. The number of carbonyl (C=O) groups is 1. The van der Waals surface area contributed by atoms with E-state index >= 15 is 0 Å². The molecule has 0 bridgehead atoms. The van der Waals surface area contributed by atoms with Crippen LogP contribution in [0.3, 0.4) is 0 Å². The van der Waals surface area contributed by atoms with E-state index in [9.17, 15) is 0 Å². The monoisotopic (exact) mass is 408 g/mol. The molecule has 0 unspecified atom stereocenters. The normalized spacial score (nSPS) is 11.1. The van der Waals surface area contributed by atoms with Crippen molar-refractivity contribution in [2.45, 2.75) is 55.4 Å². The third-order valence-electron chi connectivity index (χ3n) is 5.85. The van der Waals surface area contributed by atoms with Gasteiger partial charge in [0.1, 0.15) is 13.1 Å². The fraction of sp³-hybridized carbons (Fsp3) is 0.952. The number of quaternary nitrogens is 2. The Morgan fingerprint density at radius 3 is 0.964 bits per heavy atom. The molecule has 0 heterocycles. The molecule has 0 N–H and O–H groups in total. The van der Waals surface area contributed by atoms with E-state index < -0.39 is 6.16 Å². The van der Waals surface area contributed by atoms with Crippen molar-refractivity contribution < 1.29 is 33.4 Å². The number of rotatable bonds is 14. The van der Waals surface area contributed by atoms with Crippen LogP contribution in [0.5, 0.6) is 0 Å². The lowest BCUT2D eigenvalue weighted by atomic mass is 10.3. The molecule has 0 aliphatic rings. The Bertz CT molecular complexity index is 286. The first-order chi connectivity index (χ1) is 13.2. The number of hydrogen-bond acceptors (Lipinski definition) is 5. The minimum absolute atomic E-state index is 0.844. The zero-order chi connectivity index (χ0) is 22.5. The lowest BCUT2D eigenvalue weighted by Gasteiger charge is -2.35. The van der Waals surface area contributed by atoms with Gasteiger partial charge in [-0.25, -0.2) is 0 Å². The Morgan fingerprint density at radius 2 is 0.821 bits per heavy atom. The maximum absolute atomic E-state index is 8.33. The van der Waals surface area contributed by atoms with Crippen LogP contribution in [0, 0.1) is 0 Å². The molecule has 0 aromatic heterocycles. The van der Waals surface area contributed by atoms with Crippen molar-refractivity contribution in [2.24, 2.45) is 0 Å². The molecule has 7 heteroatoms. The van der Waals surface area contributed by atoms with Crippen LogP contribution in [-0.2, 0) is 9.47 Å². The maximum atomic E-state index is 8.33. The molecule has 0 saturated heterocycles. The average Bonchev–Trinajstić information content (AvgIpc) is 2.70. The van der Waals surface area contributed by atoms with Crippen LogP contribution < -0.4 is 10.2 Å². The topological polar surface area (TPSA) is 81.7 Å². The third-order valence-corrected chi connectivity index (χ3v) is 5.85. The van der Waals surface area contributed by atoms with Crippen LogP contribution in [0.1, 0.15) is 55.4 Å². The highest BCUT2D eigenvalue weighted by Gasteiger charge is 2.20. The molecule has 7 nitrogen and oxygen atoms in total. The molecule has 172 valence electrons. The number of carbonyl (C=O) groups excluding carboxylic acids is 1. The number of carboxylic acid groups (broad SMARTS) is 2. The molecular formula is C21H48N2O5. The molecular weight excluding hydrogens is 360 g/mol. The van der Waals surface area contributed by atoms with Crippen molar-refractivity contribution >= 4 is 6.16 Å². The van der Waals surface area contributed by atoms with Gasteiger partial charge in [-0.1, -0.05) is 0 Å². The van der Waals surface area contributed by atoms with Crippen LogP contribution in [0.25, 0.3) is 0 Å². The fourth-order valence-electron chi connectivity index (χ4n) is 3.10. The predicted molar refractivity (Wildman–Crippen MR) is 112 cm³/mol. The van der Waals surface area contributed by atoms with Gasteiger partial charge in [-0.15, -0.1) is 0 Å². The molecule has 0 aromatic rings. The summed E-state index contributed by atoms with van der Waals surface area (Å²) < 4.78 is 13.1. The quantitative estimate of drug-likeness (QED) is 0.320. The Balaban J connectivity index is -0.000000375. The zero-order valence-corrected chi connectivity index (χ0v) is 19.9. The Labute approximate surface area is 174 Å². The van der Waals surface area contributed by atoms with Crippen molar-refractivity contribution in [3.05, 3.63) is 0 Å². The standard InChI is InChI=1S/2C10H24NO.CH2O3/c2*1-5-11(6-2,7-3)9-10-12-8-4;2-1(3)4/h2*5-10H2,1-4H3;(H2,2,3,4)/q2*+1;/p-2. The minimum atomic E-state index is -2.33. The summed E-state index contributed by atoms with van der Waals surface area (Å²) >= 11 is 0. The van der Waals surface area contributed by atoms with Gasteiger partial charge in [0.2, 0.25) is 0 Å². The predicted octanol–water partition coefficient (Wildman–Crippen LogP) is 1.35. The van der Waals surface area contributed by atoms with E-state index in [0.717, 1.165) is 39.5 Å². The lowest BCUT2D eigenvalue weighted by molar-refractivity contribution is -0.923. The van der Waals surface area contributed by atoms with Gasteiger partial charge < -0.3 is 33.4 Å². The highest BCUT2D eigenvalue weighted by atomic mass is 16.6. The number of hydrogen-bond donors (Lipinski definition) is 0. The van der Waals surface area contributed by atoms with Crippen molar-refractivity contribution in [3.8, 4) is 0 Å². The van der Waals surface area contributed by atoms with Crippen molar-refractivity contribution in [3.63, 3.8) is 0 Å². The van der Waals surface area contributed by atoms with Crippen molar-refractivity contribution in [1.29, 1.82) is 0 Å². The van der Waals surface area contributed by atoms with Gasteiger partial charge in [0.15, 0.2) is 0 Å². The minimum Gasteiger partial charge on any atom is -0.652 e. The van der Waals surface area contributed by atoms with Gasteiger partial charge in [0, 0.05) is 13.2 Å². The average molecular weight is 409 g/mol. The van der Waals surface area contributed by atoms with Crippen LogP contribution >= 0.6 is 0 Å². The molecule has 0 rings (SSSR count). The first kappa shape index (κ1) is 31.8. The second-order valence-corrected chi connectivity index (χ2v) is 6.67. The van der Waals surface area contributed by atoms with E-state index in [2.05, 4.69) is 55.4 Å². The molecule has 0 radical (unpaired) electrons. The van der Waals surface area contributed by atoms with E-state index in [1.807, 2.05) is 0 Å². The fourth-order valence-corrected chi connectivity index (χ4v) is 3.10. The molecule has 0 aromatic carbocycles. The summed E-state index contributed by atoms with van der Waals surface area (Å²) in [6.07, 6.45) is -2.33. The van der Waals surface area contributed by atoms with E-state index in [1.54, 1.807) is 0 Å². The van der Waals surface area contributed by atoms with Crippen molar-refractivity contribution in [2.75, 3.05) is 78.8 Å². The summed E-state index contributed by atoms with van der Waals surface area (Å²) in [5.41, 5.74) is 0. The molecule has 0 fully saturated rings. The summed E-state index contributed by atoms with van der Waals surface area (Å²) in [6.45, 7) is 30.9. The second kappa shape index (κ2) is 20.8. The van der Waals surface area contributed by atoms with Gasteiger partial charge in [0.25, 0.3) is 0 Å². The second-order valence-electron chi connectivity index (χ2n) is 6.67. The molecule has 0 aliphatic carbocycles. The van der Waals surface area contributed by atoms with Gasteiger partial charge in [-0.3, -0.25) is 0 Å². The van der Waals surface area contributed by atoms with Gasteiger partial charge >= 0.3 is 0 Å². The smallest absolute Gasteiger partial charge is 0.102 e. The molecule has 0 saturated carbocycles. The summed E-state index contributed by atoms with van der Waals surface area (Å²) in [5.74, 6) is 0.